The van der Waals surface area contributed by atoms with Crippen LogP contribution in [0.15, 0.2) is 24.3 Å². The van der Waals surface area contributed by atoms with Gasteiger partial charge in [0.1, 0.15) is 19.3 Å². The first-order valence-electron chi connectivity index (χ1n) is 5.37. The highest BCUT2D eigenvalue weighted by molar-refractivity contribution is 7.45. The van der Waals surface area contributed by atoms with Gasteiger partial charge in [-0.3, -0.25) is 4.57 Å². The van der Waals surface area contributed by atoms with E-state index in [1.165, 1.54) is 13.8 Å². The third-order valence-corrected chi connectivity index (χ3v) is 2.32. The molecule has 0 bridgehead atoms. The summed E-state index contributed by atoms with van der Waals surface area (Å²) in [6, 6.07) is 0. The van der Waals surface area contributed by atoms with Gasteiger partial charge in [0.2, 0.25) is 0 Å². The summed E-state index contributed by atoms with van der Waals surface area (Å²) in [6.07, 6.45) is -1.49. The zero-order valence-electron chi connectivity index (χ0n) is 11.1. The molecule has 0 saturated carbocycles. The molecule has 0 N–H and O–H groups in total. The summed E-state index contributed by atoms with van der Waals surface area (Å²) >= 11 is 0. The Morgan fingerprint density at radius 3 is 1.75 bits per heavy atom. The van der Waals surface area contributed by atoms with Crippen LogP contribution in [0.25, 0.3) is 0 Å². The zero-order valence-corrected chi connectivity index (χ0v) is 12.0. The normalized spacial score (nSPS) is 13.4. The maximum absolute atomic E-state index is 12.5. The van der Waals surface area contributed by atoms with Gasteiger partial charge in [0.05, 0.1) is 0 Å². The van der Waals surface area contributed by atoms with E-state index in [9.17, 15) is 23.2 Å². The van der Waals surface area contributed by atoms with Crippen LogP contribution >= 0.6 is 7.91 Å². The second-order valence-electron chi connectivity index (χ2n) is 3.92. The standard InChI is InChI=1S/C11H16FO7P/c1-7(2)10(13)17-5-9(19-20(12,15)16)6-18-11(14)8(3)4/h9H,1,3,5-6H2,2,4H3,(H,15,16)/p-1. The predicted octanol–water partition coefficient (Wildman–Crippen LogP) is 1.05. The van der Waals surface area contributed by atoms with Crippen molar-refractivity contribution in [2.75, 3.05) is 13.2 Å². The fourth-order valence-electron chi connectivity index (χ4n) is 0.871. The van der Waals surface area contributed by atoms with E-state index in [1.807, 2.05) is 0 Å². The monoisotopic (exact) mass is 309 g/mol. The van der Waals surface area contributed by atoms with Crippen LogP contribution in [0.4, 0.5) is 4.20 Å². The van der Waals surface area contributed by atoms with Crippen LogP contribution in [0, 0.1) is 0 Å². The van der Waals surface area contributed by atoms with Crippen LogP contribution in [0.1, 0.15) is 13.8 Å². The molecule has 0 saturated heterocycles. The lowest BCUT2D eigenvalue weighted by Crippen LogP contribution is -2.29. The quantitative estimate of drug-likeness (QED) is 0.375. The van der Waals surface area contributed by atoms with Crippen molar-refractivity contribution in [3.63, 3.8) is 0 Å². The van der Waals surface area contributed by atoms with Gasteiger partial charge in [0.25, 0.3) is 0 Å². The second-order valence-corrected chi connectivity index (χ2v) is 4.99. The molecule has 7 nitrogen and oxygen atoms in total. The minimum atomic E-state index is -5.57. The van der Waals surface area contributed by atoms with Crippen LogP contribution in [0.5, 0.6) is 0 Å². The van der Waals surface area contributed by atoms with Gasteiger partial charge in [-0.25, -0.2) is 9.59 Å². The Morgan fingerprint density at radius 1 is 1.15 bits per heavy atom. The number of esters is 2. The van der Waals surface area contributed by atoms with Crippen molar-refractivity contribution in [2.24, 2.45) is 0 Å². The lowest BCUT2D eigenvalue weighted by Gasteiger charge is -2.22. The van der Waals surface area contributed by atoms with Crippen molar-refractivity contribution >= 4 is 19.8 Å². The third-order valence-electron chi connectivity index (χ3n) is 1.77. The van der Waals surface area contributed by atoms with Gasteiger partial charge in [0.15, 0.2) is 0 Å². The van der Waals surface area contributed by atoms with Crippen LogP contribution in [-0.4, -0.2) is 31.3 Å². The Balaban J connectivity index is 4.53. The van der Waals surface area contributed by atoms with Gasteiger partial charge in [-0.2, -0.15) is 4.20 Å². The molecule has 0 radical (unpaired) electrons. The fourth-order valence-corrected chi connectivity index (χ4v) is 1.35. The van der Waals surface area contributed by atoms with Gasteiger partial charge in [-0.15, -0.1) is 0 Å². The second kappa shape index (κ2) is 7.94. The summed E-state index contributed by atoms with van der Waals surface area (Å²) in [6.45, 7) is 8.10. The molecule has 1 atom stereocenters. The van der Waals surface area contributed by atoms with E-state index in [0.29, 0.717) is 0 Å². The summed E-state index contributed by atoms with van der Waals surface area (Å²) in [4.78, 5) is 32.7. The van der Waals surface area contributed by atoms with Crippen LogP contribution in [0.3, 0.4) is 0 Å². The maximum Gasteiger partial charge on any atom is 0.333 e. The van der Waals surface area contributed by atoms with Crippen molar-refractivity contribution in [3.8, 4) is 0 Å². The molecule has 0 rings (SSSR count). The summed E-state index contributed by atoms with van der Waals surface area (Å²) in [5.74, 6) is -1.63. The minimum absolute atomic E-state index is 0.0632. The molecule has 20 heavy (non-hydrogen) atoms. The van der Waals surface area contributed by atoms with E-state index >= 15 is 0 Å². The molecule has 0 aromatic carbocycles. The van der Waals surface area contributed by atoms with E-state index in [4.69, 9.17) is 0 Å². The molecule has 0 amide bonds. The lowest BCUT2D eigenvalue weighted by molar-refractivity contribution is -0.219. The average molecular weight is 309 g/mol. The Hall–Kier alpha value is -1.50. The largest absolute Gasteiger partial charge is 0.753 e. The first kappa shape index (κ1) is 18.5. The first-order chi connectivity index (χ1) is 9.03. The Bertz CT molecular complexity index is 424. The Morgan fingerprint density at radius 2 is 1.50 bits per heavy atom. The Labute approximate surface area is 115 Å². The van der Waals surface area contributed by atoms with Gasteiger partial charge in [0, 0.05) is 11.1 Å². The SMILES string of the molecule is C=C(C)C(=O)OCC(COC(=O)C(=C)C)OP(=O)([O-])F. The minimum Gasteiger partial charge on any atom is -0.753 e. The summed E-state index contributed by atoms with van der Waals surface area (Å²) < 4.78 is 36.1. The molecule has 0 aromatic rings. The van der Waals surface area contributed by atoms with Gasteiger partial charge < -0.3 is 18.9 Å². The van der Waals surface area contributed by atoms with Crippen molar-refractivity contribution in [1.29, 1.82) is 0 Å². The molecule has 0 aliphatic rings. The smallest absolute Gasteiger partial charge is 0.333 e. The van der Waals surface area contributed by atoms with Gasteiger partial charge in [-0.05, 0) is 13.8 Å². The molecule has 0 spiro atoms. The topological polar surface area (TPSA) is 102 Å². The van der Waals surface area contributed by atoms with E-state index in [1.54, 1.807) is 0 Å². The summed E-state index contributed by atoms with van der Waals surface area (Å²) in [5.41, 5.74) is 0.126. The number of carbonyl (C=O) groups excluding carboxylic acids is 2. The molecular weight excluding hydrogens is 294 g/mol. The highest BCUT2D eigenvalue weighted by Gasteiger charge is 2.21. The van der Waals surface area contributed by atoms with Gasteiger partial charge in [-0.1, -0.05) is 13.2 Å². The Kier molecular flexibility index (Phi) is 7.34. The molecule has 9 heteroatoms. The van der Waals surface area contributed by atoms with E-state index < -0.39 is 39.2 Å². The highest BCUT2D eigenvalue weighted by atomic mass is 31.2. The fraction of sp³-hybridized carbons (Fsp3) is 0.455. The molecule has 0 fully saturated rings. The van der Waals surface area contributed by atoms with Crippen LogP contribution < -0.4 is 4.89 Å². The molecule has 0 aliphatic heterocycles. The number of rotatable bonds is 8. The number of ether oxygens (including phenoxy) is 2. The molecule has 1 unspecified atom stereocenters. The molecular formula is C11H15FO7P-. The van der Waals surface area contributed by atoms with Crippen LogP contribution in [0.2, 0.25) is 0 Å². The average Bonchev–Trinajstić information content (AvgIpc) is 2.29. The van der Waals surface area contributed by atoms with Crippen molar-refractivity contribution in [2.45, 2.75) is 20.0 Å². The first-order valence-corrected chi connectivity index (χ1v) is 6.80. The van der Waals surface area contributed by atoms with E-state index in [2.05, 4.69) is 27.2 Å². The molecule has 114 valence electrons. The maximum atomic E-state index is 12.5. The predicted molar refractivity (Wildman–Crippen MR) is 65.1 cm³/mol. The zero-order chi connectivity index (χ0) is 15.9. The number of hydrogen-bond acceptors (Lipinski definition) is 7. The van der Waals surface area contributed by atoms with Crippen molar-refractivity contribution in [3.05, 3.63) is 24.3 Å². The van der Waals surface area contributed by atoms with Crippen molar-refractivity contribution in [1.82, 2.24) is 0 Å². The number of hydrogen-bond donors (Lipinski definition) is 0. The number of carbonyl (C=O) groups is 2. The van der Waals surface area contributed by atoms with E-state index in [-0.39, 0.29) is 11.1 Å². The lowest BCUT2D eigenvalue weighted by atomic mass is 10.3. The summed E-state index contributed by atoms with van der Waals surface area (Å²) in [5, 5.41) is 0. The molecule has 0 aromatic heterocycles. The van der Waals surface area contributed by atoms with E-state index in [0.717, 1.165) is 0 Å². The molecule has 0 heterocycles. The third kappa shape index (κ3) is 8.58. The van der Waals surface area contributed by atoms with Gasteiger partial charge >= 0.3 is 19.8 Å². The highest BCUT2D eigenvalue weighted by Crippen LogP contribution is 2.39. The van der Waals surface area contributed by atoms with Crippen molar-refractivity contribution < 1.29 is 37.2 Å². The molecule has 0 aliphatic carbocycles. The summed E-state index contributed by atoms with van der Waals surface area (Å²) in [7, 11) is -5.57. The number of halogens is 1. The van der Waals surface area contributed by atoms with Crippen LogP contribution in [-0.2, 0) is 28.2 Å².